The van der Waals surface area contributed by atoms with E-state index < -0.39 is 10.2 Å². The van der Waals surface area contributed by atoms with Crippen molar-refractivity contribution < 1.29 is 18.4 Å². The number of rotatable bonds is 9. The fraction of sp³-hybridized carbons (Fsp3) is 0.875. The Bertz CT molecular complexity index is 330. The number of hydrogen-bond donors (Lipinski definition) is 3. The Morgan fingerprint density at radius 3 is 2.65 bits per heavy atom. The normalized spacial score (nSPS) is 13.2. The number of nitrogens with one attached hydrogen (secondary N) is 1. The molecule has 0 saturated carbocycles. The van der Waals surface area contributed by atoms with Crippen LogP contribution >= 0.6 is 0 Å². The summed E-state index contributed by atoms with van der Waals surface area (Å²) in [7, 11) is -2.05. The second kappa shape index (κ2) is 8.23. The number of nitrogens with zero attached hydrogens (tertiary/aromatic N) is 2. The first-order valence-corrected chi connectivity index (χ1v) is 6.62. The van der Waals surface area contributed by atoms with E-state index in [-0.39, 0.29) is 32.0 Å². The zero-order valence-corrected chi connectivity index (χ0v) is 10.9. The van der Waals surface area contributed by atoms with E-state index in [4.69, 9.17) is 15.7 Å². The Labute approximate surface area is 102 Å². The third-order valence-electron chi connectivity index (χ3n) is 1.96. The molecule has 0 aliphatic heterocycles. The Morgan fingerprint density at radius 1 is 1.53 bits per heavy atom. The summed E-state index contributed by atoms with van der Waals surface area (Å²) in [5, 5.41) is 11.2. The fourth-order valence-electron chi connectivity index (χ4n) is 1.11. The molecular weight excluding hydrogens is 248 g/mol. The summed E-state index contributed by atoms with van der Waals surface area (Å²) >= 11 is 0. The average Bonchev–Trinajstić information content (AvgIpc) is 2.28. The van der Waals surface area contributed by atoms with Crippen molar-refractivity contribution in [2.45, 2.75) is 13.3 Å². The van der Waals surface area contributed by atoms with Crippen molar-refractivity contribution in [3.8, 4) is 0 Å². The summed E-state index contributed by atoms with van der Waals surface area (Å²) < 4.78 is 31.9. The second-order valence-electron chi connectivity index (χ2n) is 3.24. The maximum Gasteiger partial charge on any atom is 0.279 e. The first kappa shape index (κ1) is 16.1. The van der Waals surface area contributed by atoms with E-state index >= 15 is 0 Å². The van der Waals surface area contributed by atoms with E-state index in [1.807, 2.05) is 0 Å². The fourth-order valence-corrected chi connectivity index (χ4v) is 2.30. The van der Waals surface area contributed by atoms with Gasteiger partial charge in [-0.05, 0) is 0 Å². The molecule has 0 aliphatic carbocycles. The van der Waals surface area contributed by atoms with Gasteiger partial charge in [-0.2, -0.15) is 12.7 Å². The van der Waals surface area contributed by atoms with E-state index in [0.717, 1.165) is 0 Å². The highest BCUT2D eigenvalue weighted by atomic mass is 32.2. The molecule has 17 heavy (non-hydrogen) atoms. The topological polar surface area (TPSA) is 117 Å². The number of nitrogens with two attached hydrogens (primary N) is 1. The quantitative estimate of drug-likeness (QED) is 0.213. The minimum Gasteiger partial charge on any atom is -0.409 e. The summed E-state index contributed by atoms with van der Waals surface area (Å²) in [5.41, 5.74) is 5.29. The highest BCUT2D eigenvalue weighted by Gasteiger charge is 2.20. The molecule has 0 rings (SSSR count). The summed E-state index contributed by atoms with van der Waals surface area (Å²) in [4.78, 5) is 0. The smallest absolute Gasteiger partial charge is 0.279 e. The number of amidine groups is 1. The van der Waals surface area contributed by atoms with Crippen molar-refractivity contribution in [1.82, 2.24) is 9.03 Å². The molecule has 0 atom stereocenters. The molecule has 0 spiro atoms. The third kappa shape index (κ3) is 6.41. The van der Waals surface area contributed by atoms with Crippen LogP contribution in [0.25, 0.3) is 0 Å². The van der Waals surface area contributed by atoms with Crippen LogP contribution < -0.4 is 10.5 Å². The van der Waals surface area contributed by atoms with Gasteiger partial charge in [-0.15, -0.1) is 0 Å². The second-order valence-corrected chi connectivity index (χ2v) is 4.99. The van der Waals surface area contributed by atoms with Crippen molar-refractivity contribution >= 4 is 16.0 Å². The van der Waals surface area contributed by atoms with Gasteiger partial charge < -0.3 is 15.7 Å². The molecule has 0 heterocycles. The minimum atomic E-state index is -3.54. The monoisotopic (exact) mass is 268 g/mol. The van der Waals surface area contributed by atoms with Crippen LogP contribution in [0.15, 0.2) is 5.16 Å². The van der Waals surface area contributed by atoms with Gasteiger partial charge in [0.25, 0.3) is 10.2 Å². The summed E-state index contributed by atoms with van der Waals surface area (Å²) in [6.45, 7) is 2.62. The number of ether oxygens (including phenoxy) is 1. The molecule has 0 bridgehead atoms. The maximum atomic E-state index is 11.8. The molecule has 0 amide bonds. The minimum absolute atomic E-state index is 0.0147. The molecule has 9 heteroatoms. The van der Waals surface area contributed by atoms with Crippen LogP contribution in [0.4, 0.5) is 0 Å². The third-order valence-corrected chi connectivity index (χ3v) is 3.66. The van der Waals surface area contributed by atoms with Gasteiger partial charge in [0.05, 0.1) is 6.61 Å². The van der Waals surface area contributed by atoms with Crippen LogP contribution in [0, 0.1) is 0 Å². The van der Waals surface area contributed by atoms with E-state index in [1.165, 1.54) is 11.4 Å². The van der Waals surface area contributed by atoms with Gasteiger partial charge >= 0.3 is 0 Å². The molecule has 8 nitrogen and oxygen atoms in total. The van der Waals surface area contributed by atoms with Crippen molar-refractivity contribution in [1.29, 1.82) is 0 Å². The summed E-state index contributed by atoms with van der Waals surface area (Å²) in [5.74, 6) is -0.0147. The summed E-state index contributed by atoms with van der Waals surface area (Å²) in [6.07, 6.45) is 0.158. The van der Waals surface area contributed by atoms with Crippen LogP contribution in [0.3, 0.4) is 0 Å². The van der Waals surface area contributed by atoms with Gasteiger partial charge in [-0.25, -0.2) is 4.72 Å². The maximum absolute atomic E-state index is 11.8. The molecule has 0 radical (unpaired) electrons. The van der Waals surface area contributed by atoms with Crippen LogP contribution in [-0.2, 0) is 14.9 Å². The van der Waals surface area contributed by atoms with E-state index in [2.05, 4.69) is 9.88 Å². The number of oxime groups is 1. The molecule has 0 aromatic rings. The molecule has 0 aromatic carbocycles. The molecule has 0 aliphatic rings. The Kier molecular flexibility index (Phi) is 7.79. The van der Waals surface area contributed by atoms with Crippen molar-refractivity contribution in [3.05, 3.63) is 0 Å². The predicted octanol–water partition coefficient (Wildman–Crippen LogP) is -1.07. The standard InChI is InChI=1S/C8H20N4O4S/c1-3-10-17(14,15)12(6-7-16-2)5-4-8(9)11-13/h10,13H,3-7H2,1-2H3,(H2,9,11). The summed E-state index contributed by atoms with van der Waals surface area (Å²) in [6, 6.07) is 0. The molecule has 0 saturated heterocycles. The molecular formula is C8H20N4O4S. The highest BCUT2D eigenvalue weighted by molar-refractivity contribution is 7.87. The zero-order valence-electron chi connectivity index (χ0n) is 10.1. The lowest BCUT2D eigenvalue weighted by Gasteiger charge is -2.21. The van der Waals surface area contributed by atoms with Crippen molar-refractivity contribution in [3.63, 3.8) is 0 Å². The van der Waals surface area contributed by atoms with Crippen LogP contribution in [0.1, 0.15) is 13.3 Å². The number of methoxy groups -OCH3 is 1. The van der Waals surface area contributed by atoms with Crippen LogP contribution in [0.5, 0.6) is 0 Å². The van der Waals surface area contributed by atoms with Crippen molar-refractivity contribution in [2.24, 2.45) is 10.9 Å². The van der Waals surface area contributed by atoms with Gasteiger partial charge in [0.15, 0.2) is 0 Å². The zero-order chi connectivity index (χ0) is 13.3. The van der Waals surface area contributed by atoms with Gasteiger partial charge in [0.1, 0.15) is 5.84 Å². The van der Waals surface area contributed by atoms with Gasteiger partial charge in [-0.1, -0.05) is 12.1 Å². The molecule has 0 unspecified atom stereocenters. The van der Waals surface area contributed by atoms with Crippen LogP contribution in [-0.4, -0.2) is 57.1 Å². The van der Waals surface area contributed by atoms with Gasteiger partial charge in [-0.3, -0.25) is 0 Å². The number of hydrogen-bond acceptors (Lipinski definition) is 5. The Balaban J connectivity index is 4.53. The molecule has 0 fully saturated rings. The average molecular weight is 268 g/mol. The van der Waals surface area contributed by atoms with E-state index in [0.29, 0.717) is 6.54 Å². The first-order chi connectivity index (χ1) is 7.97. The Hall–Kier alpha value is -0.900. The largest absolute Gasteiger partial charge is 0.409 e. The molecule has 4 N–H and O–H groups in total. The Morgan fingerprint density at radius 2 is 2.18 bits per heavy atom. The molecule has 102 valence electrons. The van der Waals surface area contributed by atoms with Crippen molar-refractivity contribution in [2.75, 3.05) is 33.4 Å². The van der Waals surface area contributed by atoms with Gasteiger partial charge in [0.2, 0.25) is 0 Å². The lowest BCUT2D eigenvalue weighted by atomic mass is 10.4. The van der Waals surface area contributed by atoms with Gasteiger partial charge in [0, 0.05) is 33.2 Å². The first-order valence-electron chi connectivity index (χ1n) is 5.18. The predicted molar refractivity (Wildman–Crippen MR) is 64.1 cm³/mol. The lowest BCUT2D eigenvalue weighted by molar-refractivity contribution is 0.179. The lowest BCUT2D eigenvalue weighted by Crippen LogP contribution is -2.43. The van der Waals surface area contributed by atoms with E-state index in [9.17, 15) is 8.42 Å². The highest BCUT2D eigenvalue weighted by Crippen LogP contribution is 2.00. The molecule has 0 aromatic heterocycles. The SMILES string of the molecule is CCNS(=O)(=O)N(CCOC)CCC(N)=NO. The van der Waals surface area contributed by atoms with Crippen LogP contribution in [0.2, 0.25) is 0 Å². The van der Waals surface area contributed by atoms with E-state index in [1.54, 1.807) is 6.92 Å².